The minimum Gasteiger partial charge on any atom is -0.314 e. The zero-order valence-electron chi connectivity index (χ0n) is 11.2. The lowest BCUT2D eigenvalue weighted by atomic mass is 9.98. The first-order valence-corrected chi connectivity index (χ1v) is 7.18. The third-order valence-corrected chi connectivity index (χ3v) is 4.87. The molecule has 3 fully saturated rings. The number of hydrogen-bond donors (Lipinski definition) is 1. The highest BCUT2D eigenvalue weighted by Gasteiger charge is 2.53. The number of imide groups is 1. The first-order valence-electron chi connectivity index (χ1n) is 7.18. The molecule has 2 amide bonds. The number of carbonyl (C=O) groups excluding carboxylic acids is 2. The van der Waals surface area contributed by atoms with E-state index in [1.165, 1.54) is 0 Å². The Labute approximate surface area is 108 Å². The molecular weight excluding hydrogens is 228 g/mol. The van der Waals surface area contributed by atoms with Crippen LogP contribution in [0.4, 0.5) is 0 Å². The van der Waals surface area contributed by atoms with Gasteiger partial charge in [0.25, 0.3) is 0 Å². The topological polar surface area (TPSA) is 49.4 Å². The Kier molecular flexibility index (Phi) is 2.93. The number of nitrogens with one attached hydrogen (secondary N) is 1. The molecular formula is C14H22N2O2. The van der Waals surface area contributed by atoms with E-state index in [1.54, 1.807) is 4.90 Å². The zero-order chi connectivity index (χ0) is 12.9. The van der Waals surface area contributed by atoms with Gasteiger partial charge in [-0.2, -0.15) is 0 Å². The van der Waals surface area contributed by atoms with Crippen molar-refractivity contribution >= 4 is 11.8 Å². The normalized spacial score (nSPS) is 44.6. The Balaban J connectivity index is 1.78. The van der Waals surface area contributed by atoms with Crippen molar-refractivity contribution in [3.05, 3.63) is 0 Å². The van der Waals surface area contributed by atoms with Crippen molar-refractivity contribution in [1.82, 2.24) is 10.2 Å². The molecule has 2 aliphatic heterocycles. The Bertz CT molecular complexity index is 358. The van der Waals surface area contributed by atoms with Crippen LogP contribution in [0.3, 0.4) is 0 Å². The van der Waals surface area contributed by atoms with Gasteiger partial charge in [-0.05, 0) is 45.1 Å². The van der Waals surface area contributed by atoms with Crippen LogP contribution < -0.4 is 5.32 Å². The molecule has 2 heterocycles. The van der Waals surface area contributed by atoms with Gasteiger partial charge in [0.1, 0.15) is 0 Å². The second-order valence-electron chi connectivity index (χ2n) is 6.37. The fourth-order valence-electron chi connectivity index (χ4n) is 4.00. The van der Waals surface area contributed by atoms with Gasteiger partial charge < -0.3 is 5.32 Å². The molecule has 3 aliphatic rings. The Morgan fingerprint density at radius 3 is 2.22 bits per heavy atom. The van der Waals surface area contributed by atoms with Crippen LogP contribution in [-0.4, -0.2) is 35.3 Å². The van der Waals surface area contributed by atoms with E-state index < -0.39 is 0 Å². The molecule has 0 radical (unpaired) electrons. The van der Waals surface area contributed by atoms with E-state index in [0.717, 1.165) is 32.2 Å². The van der Waals surface area contributed by atoms with Gasteiger partial charge in [-0.1, -0.05) is 6.92 Å². The molecule has 0 aromatic rings. The average Bonchev–Trinajstić information content (AvgIpc) is 2.79. The summed E-state index contributed by atoms with van der Waals surface area (Å²) in [5.74, 6) is 0.763. The molecule has 18 heavy (non-hydrogen) atoms. The molecule has 4 heteroatoms. The molecule has 100 valence electrons. The van der Waals surface area contributed by atoms with Crippen LogP contribution in [0.1, 0.15) is 39.5 Å². The number of rotatable bonds is 1. The van der Waals surface area contributed by atoms with Gasteiger partial charge in [-0.15, -0.1) is 0 Å². The third-order valence-electron chi connectivity index (χ3n) is 4.87. The molecule has 4 nitrogen and oxygen atoms in total. The highest BCUT2D eigenvalue weighted by molar-refractivity contribution is 6.05. The maximum Gasteiger partial charge on any atom is 0.233 e. The number of amides is 2. The van der Waals surface area contributed by atoms with Crippen LogP contribution in [-0.2, 0) is 9.59 Å². The van der Waals surface area contributed by atoms with Crippen molar-refractivity contribution in [2.45, 2.75) is 51.6 Å². The summed E-state index contributed by atoms with van der Waals surface area (Å²) in [5, 5.41) is 3.37. The van der Waals surface area contributed by atoms with Gasteiger partial charge in [0.05, 0.1) is 11.8 Å². The SMILES string of the molecule is CC1CC2C(=O)N(C3CCNC(C)C3)C(=O)C2C1. The second kappa shape index (κ2) is 4.34. The summed E-state index contributed by atoms with van der Waals surface area (Å²) < 4.78 is 0. The van der Waals surface area contributed by atoms with Gasteiger partial charge >= 0.3 is 0 Å². The molecule has 4 unspecified atom stereocenters. The van der Waals surface area contributed by atoms with Crippen molar-refractivity contribution in [2.75, 3.05) is 6.54 Å². The van der Waals surface area contributed by atoms with Gasteiger partial charge in [0, 0.05) is 12.1 Å². The smallest absolute Gasteiger partial charge is 0.233 e. The van der Waals surface area contributed by atoms with Crippen molar-refractivity contribution in [1.29, 1.82) is 0 Å². The van der Waals surface area contributed by atoms with Crippen LogP contribution in [0.25, 0.3) is 0 Å². The summed E-state index contributed by atoms with van der Waals surface area (Å²) in [7, 11) is 0. The van der Waals surface area contributed by atoms with E-state index >= 15 is 0 Å². The van der Waals surface area contributed by atoms with E-state index in [0.29, 0.717) is 12.0 Å². The van der Waals surface area contributed by atoms with E-state index in [2.05, 4.69) is 19.2 Å². The van der Waals surface area contributed by atoms with Crippen LogP contribution in [0.2, 0.25) is 0 Å². The summed E-state index contributed by atoms with van der Waals surface area (Å²) >= 11 is 0. The summed E-state index contributed by atoms with van der Waals surface area (Å²) in [5.41, 5.74) is 0. The molecule has 0 aromatic heterocycles. The molecule has 1 saturated carbocycles. The number of likely N-dealkylation sites (tertiary alicyclic amines) is 1. The fraction of sp³-hybridized carbons (Fsp3) is 0.857. The monoisotopic (exact) mass is 250 g/mol. The highest BCUT2D eigenvalue weighted by atomic mass is 16.2. The summed E-state index contributed by atoms with van der Waals surface area (Å²) in [6, 6.07) is 0.547. The van der Waals surface area contributed by atoms with Crippen LogP contribution in [0.5, 0.6) is 0 Å². The van der Waals surface area contributed by atoms with Crippen molar-refractivity contribution < 1.29 is 9.59 Å². The number of nitrogens with zero attached hydrogens (tertiary/aromatic N) is 1. The lowest BCUT2D eigenvalue weighted by Gasteiger charge is -2.34. The minimum absolute atomic E-state index is 0.00214. The van der Waals surface area contributed by atoms with E-state index in [4.69, 9.17) is 0 Å². The third kappa shape index (κ3) is 1.78. The molecule has 2 saturated heterocycles. The van der Waals surface area contributed by atoms with Gasteiger partial charge in [0.15, 0.2) is 0 Å². The van der Waals surface area contributed by atoms with Crippen molar-refractivity contribution in [2.24, 2.45) is 17.8 Å². The van der Waals surface area contributed by atoms with Gasteiger partial charge in [-0.3, -0.25) is 14.5 Å². The lowest BCUT2D eigenvalue weighted by Crippen LogP contribution is -2.49. The molecule has 0 aromatic carbocycles. The summed E-state index contributed by atoms with van der Waals surface area (Å²) in [6.45, 7) is 5.19. The van der Waals surface area contributed by atoms with E-state index in [9.17, 15) is 9.59 Å². The van der Waals surface area contributed by atoms with E-state index in [-0.39, 0.29) is 29.7 Å². The summed E-state index contributed by atoms with van der Waals surface area (Å²) in [4.78, 5) is 26.5. The predicted octanol–water partition coefficient (Wildman–Crippen LogP) is 1.16. The number of fused-ring (bicyclic) bond motifs is 1. The molecule has 0 spiro atoms. The predicted molar refractivity (Wildman–Crippen MR) is 67.7 cm³/mol. The maximum absolute atomic E-state index is 12.4. The average molecular weight is 250 g/mol. The second-order valence-corrected chi connectivity index (χ2v) is 6.37. The van der Waals surface area contributed by atoms with Crippen molar-refractivity contribution in [3.63, 3.8) is 0 Å². The number of carbonyl (C=O) groups is 2. The molecule has 3 rings (SSSR count). The quantitative estimate of drug-likeness (QED) is 0.710. The largest absolute Gasteiger partial charge is 0.314 e. The Morgan fingerprint density at radius 2 is 1.67 bits per heavy atom. The zero-order valence-corrected chi connectivity index (χ0v) is 11.2. The Hall–Kier alpha value is -0.900. The fourth-order valence-corrected chi connectivity index (χ4v) is 4.00. The van der Waals surface area contributed by atoms with Crippen molar-refractivity contribution in [3.8, 4) is 0 Å². The molecule has 4 atom stereocenters. The summed E-state index contributed by atoms with van der Waals surface area (Å²) in [6.07, 6.45) is 3.64. The molecule has 1 N–H and O–H groups in total. The van der Waals surface area contributed by atoms with Gasteiger partial charge in [-0.25, -0.2) is 0 Å². The lowest BCUT2D eigenvalue weighted by molar-refractivity contribution is -0.144. The first kappa shape index (κ1) is 12.2. The minimum atomic E-state index is -0.00214. The van der Waals surface area contributed by atoms with Gasteiger partial charge in [0.2, 0.25) is 11.8 Å². The van der Waals surface area contributed by atoms with Crippen LogP contribution in [0.15, 0.2) is 0 Å². The van der Waals surface area contributed by atoms with Crippen LogP contribution >= 0.6 is 0 Å². The maximum atomic E-state index is 12.4. The molecule has 0 bridgehead atoms. The number of hydrogen-bond acceptors (Lipinski definition) is 3. The molecule has 1 aliphatic carbocycles. The highest BCUT2D eigenvalue weighted by Crippen LogP contribution is 2.44. The number of piperidine rings is 1. The Morgan fingerprint density at radius 1 is 1.06 bits per heavy atom. The standard InChI is InChI=1S/C14H22N2O2/c1-8-5-11-12(6-8)14(18)16(13(11)17)10-3-4-15-9(2)7-10/h8-12,15H,3-7H2,1-2H3. The van der Waals surface area contributed by atoms with Crippen LogP contribution in [0, 0.1) is 17.8 Å². The first-order chi connectivity index (χ1) is 8.58. The van der Waals surface area contributed by atoms with E-state index in [1.807, 2.05) is 0 Å².